The third kappa shape index (κ3) is 2.31. The molecule has 1 heterocycles. The van der Waals surface area contributed by atoms with Crippen LogP contribution >= 0.6 is 0 Å². The summed E-state index contributed by atoms with van der Waals surface area (Å²) in [7, 11) is 0. The predicted octanol–water partition coefficient (Wildman–Crippen LogP) is 1.50. The Kier molecular flexibility index (Phi) is 3.28. The molecule has 1 aromatic rings. The van der Waals surface area contributed by atoms with E-state index in [1.807, 2.05) is 0 Å². The molecule has 0 saturated heterocycles. The molecule has 9 heteroatoms. The number of pyridine rings is 1. The molecule has 0 unspecified atom stereocenters. The van der Waals surface area contributed by atoms with E-state index in [0.29, 0.717) is 6.07 Å². The summed E-state index contributed by atoms with van der Waals surface area (Å²) in [5.41, 5.74) is -2.87. The lowest BCUT2D eigenvalue weighted by atomic mass is 10.1. The Morgan fingerprint density at radius 1 is 1.65 bits per heavy atom. The molecule has 7 nitrogen and oxygen atoms in total. The molecule has 0 bridgehead atoms. The Labute approximate surface area is 92.1 Å². The second-order valence-corrected chi connectivity index (χ2v) is 2.77. The topological polar surface area (TPSA) is 117 Å². The number of carboxylic acid groups (broad SMARTS) is 1. The van der Waals surface area contributed by atoms with Crippen LogP contribution in [0.4, 0.5) is 14.6 Å². The number of aromatic carboxylic acids is 1. The van der Waals surface area contributed by atoms with Crippen LogP contribution in [0.5, 0.6) is 0 Å². The van der Waals surface area contributed by atoms with Gasteiger partial charge in [-0.05, 0) is 16.0 Å². The molecule has 0 saturated carbocycles. The van der Waals surface area contributed by atoms with E-state index in [2.05, 4.69) is 4.98 Å². The number of nitriles is 1. The van der Waals surface area contributed by atoms with Crippen LogP contribution in [0.3, 0.4) is 0 Å². The van der Waals surface area contributed by atoms with Gasteiger partial charge in [0.2, 0.25) is 0 Å². The molecule has 88 valence electrons. The van der Waals surface area contributed by atoms with E-state index >= 15 is 0 Å². The van der Waals surface area contributed by atoms with Gasteiger partial charge in [-0.3, -0.25) is 0 Å². The molecule has 0 aliphatic rings. The molecule has 0 fully saturated rings. The zero-order chi connectivity index (χ0) is 13.2. The first-order valence-electron chi connectivity index (χ1n) is 3.99. The van der Waals surface area contributed by atoms with Crippen molar-refractivity contribution in [2.24, 2.45) is 0 Å². The number of aromatic nitrogens is 1. The maximum atomic E-state index is 12.5. The first-order chi connectivity index (χ1) is 7.88. The van der Waals surface area contributed by atoms with Crippen molar-refractivity contribution >= 4 is 11.8 Å². The van der Waals surface area contributed by atoms with Crippen molar-refractivity contribution in [2.75, 3.05) is 0 Å². The van der Waals surface area contributed by atoms with E-state index < -0.39 is 40.0 Å². The van der Waals surface area contributed by atoms with Crippen LogP contribution in [0.1, 0.15) is 28.0 Å². The van der Waals surface area contributed by atoms with Gasteiger partial charge >= 0.3 is 11.8 Å². The van der Waals surface area contributed by atoms with Crippen molar-refractivity contribution < 1.29 is 23.6 Å². The average molecular weight is 243 g/mol. The third-order valence-electron chi connectivity index (χ3n) is 1.76. The van der Waals surface area contributed by atoms with Gasteiger partial charge in [-0.2, -0.15) is 5.26 Å². The number of nitro groups is 1. The fourth-order valence-corrected chi connectivity index (χ4v) is 1.08. The summed E-state index contributed by atoms with van der Waals surface area (Å²) in [6.45, 7) is 0. The minimum atomic E-state index is -3.19. The van der Waals surface area contributed by atoms with Crippen molar-refractivity contribution in [1.29, 1.82) is 5.26 Å². The molecule has 1 rings (SSSR count). The van der Waals surface area contributed by atoms with Gasteiger partial charge in [0.15, 0.2) is 5.56 Å². The number of hydrogen-bond donors (Lipinski definition) is 1. The molecule has 1 N–H and O–H groups in total. The summed E-state index contributed by atoms with van der Waals surface area (Å²) in [5.74, 6) is -2.89. The SMILES string of the molecule is N#Cc1cc(C(F)F)c(C(=O)O)nc1[N+](=O)[O-]. The first kappa shape index (κ1) is 12.4. The van der Waals surface area contributed by atoms with Gasteiger partial charge in [-0.25, -0.2) is 13.6 Å². The highest BCUT2D eigenvalue weighted by atomic mass is 19.3. The Morgan fingerprint density at radius 2 is 2.24 bits per heavy atom. The molecular weight excluding hydrogens is 240 g/mol. The van der Waals surface area contributed by atoms with Crippen LogP contribution in [0.25, 0.3) is 0 Å². The van der Waals surface area contributed by atoms with Gasteiger partial charge in [-0.15, -0.1) is 0 Å². The fraction of sp³-hybridized carbons (Fsp3) is 0.125. The third-order valence-corrected chi connectivity index (χ3v) is 1.76. The summed E-state index contributed by atoms with van der Waals surface area (Å²) in [4.78, 5) is 22.9. The molecule has 0 aliphatic carbocycles. The Bertz CT molecular complexity index is 538. The molecule has 0 aliphatic heterocycles. The number of alkyl halides is 2. The first-order valence-corrected chi connectivity index (χ1v) is 3.99. The summed E-state index contributed by atoms with van der Waals surface area (Å²) in [6.07, 6.45) is -3.19. The quantitative estimate of drug-likeness (QED) is 0.634. The number of hydrogen-bond acceptors (Lipinski definition) is 5. The van der Waals surface area contributed by atoms with E-state index in [4.69, 9.17) is 10.4 Å². The highest BCUT2D eigenvalue weighted by molar-refractivity contribution is 5.88. The normalized spacial score (nSPS) is 10.0. The smallest absolute Gasteiger partial charge is 0.382 e. The van der Waals surface area contributed by atoms with E-state index in [-0.39, 0.29) is 0 Å². The Balaban J connectivity index is 3.61. The molecule has 1 aromatic heterocycles. The van der Waals surface area contributed by atoms with Crippen LogP contribution in [-0.2, 0) is 0 Å². The molecule has 0 atom stereocenters. The van der Waals surface area contributed by atoms with Crippen LogP contribution < -0.4 is 0 Å². The molecule has 0 spiro atoms. The molecule has 0 radical (unpaired) electrons. The van der Waals surface area contributed by atoms with Gasteiger partial charge in [0.1, 0.15) is 6.07 Å². The zero-order valence-electron chi connectivity index (χ0n) is 7.92. The summed E-state index contributed by atoms with van der Waals surface area (Å²) >= 11 is 0. The summed E-state index contributed by atoms with van der Waals surface area (Å²) < 4.78 is 24.9. The van der Waals surface area contributed by atoms with Gasteiger partial charge in [-0.1, -0.05) is 0 Å². The lowest BCUT2D eigenvalue weighted by molar-refractivity contribution is -0.389. The van der Waals surface area contributed by atoms with Crippen molar-refractivity contribution in [1.82, 2.24) is 4.98 Å². The Morgan fingerprint density at radius 3 is 2.59 bits per heavy atom. The highest BCUT2D eigenvalue weighted by Gasteiger charge is 2.30. The number of rotatable bonds is 3. The van der Waals surface area contributed by atoms with Gasteiger partial charge < -0.3 is 15.2 Å². The fourth-order valence-electron chi connectivity index (χ4n) is 1.08. The standard InChI is InChI=1S/C8H3F2N3O4/c9-6(10)4-1-3(2-11)7(13(16)17)12-5(4)8(14)15/h1,6H,(H,14,15). The van der Waals surface area contributed by atoms with Crippen molar-refractivity contribution in [2.45, 2.75) is 6.43 Å². The number of nitrogens with zero attached hydrogens (tertiary/aromatic N) is 3. The Hall–Kier alpha value is -2.63. The van der Waals surface area contributed by atoms with Crippen LogP contribution in [-0.4, -0.2) is 21.0 Å². The molecular formula is C8H3F2N3O4. The van der Waals surface area contributed by atoms with Gasteiger partial charge in [0.05, 0.1) is 5.56 Å². The van der Waals surface area contributed by atoms with Crippen molar-refractivity contribution in [3.63, 3.8) is 0 Å². The number of halogens is 2. The second kappa shape index (κ2) is 4.48. The highest BCUT2D eigenvalue weighted by Crippen LogP contribution is 2.26. The average Bonchev–Trinajstić information content (AvgIpc) is 2.26. The maximum Gasteiger partial charge on any atom is 0.382 e. The molecule has 0 amide bonds. The lowest BCUT2D eigenvalue weighted by Gasteiger charge is -2.02. The minimum Gasteiger partial charge on any atom is -0.475 e. The maximum absolute atomic E-state index is 12.5. The van der Waals surface area contributed by atoms with E-state index in [0.717, 1.165) is 0 Å². The second-order valence-electron chi connectivity index (χ2n) is 2.77. The van der Waals surface area contributed by atoms with E-state index in [1.54, 1.807) is 0 Å². The number of carbonyl (C=O) groups is 1. The molecule has 17 heavy (non-hydrogen) atoms. The summed E-state index contributed by atoms with van der Waals surface area (Å²) in [6, 6.07) is 1.77. The minimum absolute atomic E-state index is 0.458. The van der Waals surface area contributed by atoms with Crippen molar-refractivity contribution in [3.05, 3.63) is 33.0 Å². The van der Waals surface area contributed by atoms with Crippen molar-refractivity contribution in [3.8, 4) is 6.07 Å². The van der Waals surface area contributed by atoms with E-state index in [9.17, 15) is 23.7 Å². The lowest BCUT2D eigenvalue weighted by Crippen LogP contribution is -2.10. The molecule has 0 aromatic carbocycles. The van der Waals surface area contributed by atoms with Gasteiger partial charge in [0, 0.05) is 0 Å². The number of carboxylic acids is 1. The van der Waals surface area contributed by atoms with Crippen LogP contribution in [0.2, 0.25) is 0 Å². The van der Waals surface area contributed by atoms with E-state index in [1.165, 1.54) is 6.07 Å². The monoisotopic (exact) mass is 243 g/mol. The summed E-state index contributed by atoms with van der Waals surface area (Å²) in [5, 5.41) is 27.5. The largest absolute Gasteiger partial charge is 0.475 e. The van der Waals surface area contributed by atoms with Crippen LogP contribution in [0, 0.1) is 21.4 Å². The van der Waals surface area contributed by atoms with Crippen LogP contribution in [0.15, 0.2) is 6.07 Å². The zero-order valence-corrected chi connectivity index (χ0v) is 7.92. The van der Waals surface area contributed by atoms with Gasteiger partial charge in [0.25, 0.3) is 12.1 Å². The predicted molar refractivity (Wildman–Crippen MR) is 47.5 cm³/mol.